The zero-order chi connectivity index (χ0) is 24.2. The highest BCUT2D eigenvalue weighted by atomic mass is 15.1. The number of rotatable bonds is 6. The van der Waals surface area contributed by atoms with Gasteiger partial charge in [-0.05, 0) is 42.5 Å². The number of azo groups is 1. The lowest BCUT2D eigenvalue weighted by atomic mass is 9.93. The van der Waals surface area contributed by atoms with Crippen LogP contribution in [-0.2, 0) is 6.54 Å². The van der Waals surface area contributed by atoms with E-state index in [4.69, 9.17) is 9.97 Å². The van der Waals surface area contributed by atoms with Gasteiger partial charge in [0.15, 0.2) is 0 Å². The van der Waals surface area contributed by atoms with E-state index in [1.807, 2.05) is 12.3 Å². The van der Waals surface area contributed by atoms with E-state index in [2.05, 4.69) is 76.2 Å². The van der Waals surface area contributed by atoms with Gasteiger partial charge in [-0.2, -0.15) is 10.2 Å². The van der Waals surface area contributed by atoms with Crippen molar-refractivity contribution < 1.29 is 0 Å². The summed E-state index contributed by atoms with van der Waals surface area (Å²) in [6, 6.07) is 24.5. The minimum Gasteiger partial charge on any atom is -0.310 e. The first-order valence-corrected chi connectivity index (χ1v) is 13.4. The van der Waals surface area contributed by atoms with Crippen LogP contribution < -0.4 is 5.32 Å². The highest BCUT2D eigenvalue weighted by Crippen LogP contribution is 2.36. The van der Waals surface area contributed by atoms with Crippen LogP contribution in [-0.4, -0.2) is 29.1 Å². The van der Waals surface area contributed by atoms with Gasteiger partial charge >= 0.3 is 0 Å². The van der Waals surface area contributed by atoms with Crippen LogP contribution in [0, 0.1) is 0 Å². The monoisotopic (exact) mass is 475 g/mol. The van der Waals surface area contributed by atoms with Crippen LogP contribution >= 0.6 is 0 Å². The molecule has 1 N–H and O–H groups in total. The fraction of sp³-hybridized carbons (Fsp3) is 0.355. The van der Waals surface area contributed by atoms with E-state index in [1.54, 1.807) is 0 Å². The third kappa shape index (κ3) is 4.93. The molecule has 1 saturated carbocycles. The van der Waals surface area contributed by atoms with Crippen LogP contribution in [0.15, 0.2) is 83.2 Å². The van der Waals surface area contributed by atoms with Crippen molar-refractivity contribution in [2.24, 2.45) is 10.2 Å². The molecule has 0 amide bonds. The first kappa shape index (κ1) is 23.0. The van der Waals surface area contributed by atoms with Crippen LogP contribution in [0.1, 0.15) is 55.7 Å². The summed E-state index contributed by atoms with van der Waals surface area (Å²) in [5.41, 5.74) is 7.87. The largest absolute Gasteiger partial charge is 0.310 e. The Kier molecular flexibility index (Phi) is 6.81. The molecule has 5 heteroatoms. The average molecular weight is 476 g/mol. The number of benzene rings is 2. The summed E-state index contributed by atoms with van der Waals surface area (Å²) in [5.74, 6) is 0.290. The molecule has 0 saturated heterocycles. The van der Waals surface area contributed by atoms with Crippen molar-refractivity contribution in [3.8, 4) is 22.4 Å². The van der Waals surface area contributed by atoms with E-state index in [0.29, 0.717) is 18.5 Å². The lowest BCUT2D eigenvalue weighted by Crippen LogP contribution is -2.30. The van der Waals surface area contributed by atoms with Crippen LogP contribution in [0.25, 0.3) is 33.3 Å². The summed E-state index contributed by atoms with van der Waals surface area (Å²) in [5, 5.41) is 13.4. The zero-order valence-electron chi connectivity index (χ0n) is 20.7. The third-order valence-corrected chi connectivity index (χ3v) is 7.65. The van der Waals surface area contributed by atoms with Crippen molar-refractivity contribution in [1.82, 2.24) is 15.3 Å². The van der Waals surface area contributed by atoms with Crippen molar-refractivity contribution in [1.29, 1.82) is 0 Å². The second-order valence-corrected chi connectivity index (χ2v) is 10.1. The molecule has 3 heterocycles. The van der Waals surface area contributed by atoms with Crippen molar-refractivity contribution in [3.05, 3.63) is 84.2 Å². The van der Waals surface area contributed by atoms with Crippen molar-refractivity contribution in [2.75, 3.05) is 13.1 Å². The quantitative estimate of drug-likeness (QED) is 0.318. The Labute approximate surface area is 213 Å². The minimum absolute atomic E-state index is 0.290. The van der Waals surface area contributed by atoms with Gasteiger partial charge in [-0.3, -0.25) is 4.98 Å². The Morgan fingerprint density at radius 1 is 0.806 bits per heavy atom. The van der Waals surface area contributed by atoms with Crippen molar-refractivity contribution in [2.45, 2.75) is 57.0 Å². The van der Waals surface area contributed by atoms with Gasteiger partial charge in [-0.1, -0.05) is 73.9 Å². The number of fused-ring (bicyclic) bond motifs is 1. The minimum atomic E-state index is 0.290. The number of aromatic nitrogens is 2. The maximum absolute atomic E-state index is 5.22. The Hall–Kier alpha value is -3.44. The average Bonchev–Trinajstić information content (AvgIpc) is 2.97. The Balaban J connectivity index is 1.36. The molecule has 4 aromatic rings. The molecule has 1 unspecified atom stereocenters. The summed E-state index contributed by atoms with van der Waals surface area (Å²) < 4.78 is 0. The van der Waals surface area contributed by atoms with E-state index >= 15 is 0 Å². The maximum atomic E-state index is 5.22. The molecular formula is C31H33N5. The molecule has 2 aromatic carbocycles. The normalized spacial score (nSPS) is 18.5. The molecule has 36 heavy (non-hydrogen) atoms. The second kappa shape index (κ2) is 10.7. The first-order valence-electron chi connectivity index (χ1n) is 13.4. The van der Waals surface area contributed by atoms with E-state index in [0.717, 1.165) is 52.9 Å². The summed E-state index contributed by atoms with van der Waals surface area (Å²) in [6.45, 7) is 2.39. The lowest BCUT2D eigenvalue weighted by molar-refractivity contribution is 0.372. The van der Waals surface area contributed by atoms with Crippen molar-refractivity contribution in [3.63, 3.8) is 0 Å². The van der Waals surface area contributed by atoms with Crippen LogP contribution in [0.4, 0.5) is 0 Å². The molecule has 0 bridgehead atoms. The molecule has 6 rings (SSSR count). The van der Waals surface area contributed by atoms with E-state index in [9.17, 15) is 0 Å². The van der Waals surface area contributed by atoms with Gasteiger partial charge in [0.05, 0.1) is 30.0 Å². The molecule has 1 atom stereocenters. The Bertz CT molecular complexity index is 1340. The Morgan fingerprint density at radius 3 is 2.42 bits per heavy atom. The van der Waals surface area contributed by atoms with Gasteiger partial charge in [0.1, 0.15) is 0 Å². The predicted molar refractivity (Wildman–Crippen MR) is 146 cm³/mol. The van der Waals surface area contributed by atoms with Gasteiger partial charge in [-0.25, -0.2) is 4.98 Å². The topological polar surface area (TPSA) is 62.5 Å². The molecule has 1 aliphatic heterocycles. The molecule has 0 radical (unpaired) electrons. The maximum Gasteiger partial charge on any atom is 0.0788 e. The van der Waals surface area contributed by atoms with Gasteiger partial charge in [0.25, 0.3) is 0 Å². The van der Waals surface area contributed by atoms with Gasteiger partial charge in [0, 0.05) is 41.2 Å². The standard InChI is InChI=1S/C31H33N5/c1-3-7-23(8-4-1)27-19-28-29(16-17-32-30(28)25-15-18-34-35-21-25)36-31(27)24-13-11-22(12-14-24)20-33-26-9-5-2-6-10-26/h1,3-4,7-8,11-14,16-17,19,25-26,33H,2,5-6,9-10,15,18,20-21H2. The number of nitrogens with one attached hydrogen (secondary N) is 1. The molecule has 0 spiro atoms. The zero-order valence-corrected chi connectivity index (χ0v) is 20.7. The predicted octanol–water partition coefficient (Wildman–Crippen LogP) is 7.33. The third-order valence-electron chi connectivity index (χ3n) is 7.65. The molecule has 182 valence electrons. The van der Waals surface area contributed by atoms with E-state index in [-0.39, 0.29) is 0 Å². The van der Waals surface area contributed by atoms with E-state index < -0.39 is 0 Å². The highest BCUT2D eigenvalue weighted by Gasteiger charge is 2.21. The SMILES string of the molecule is c1ccc(-c2cc3c(C4CCN=NC4)nccc3nc2-c2ccc(CNC3CCCCC3)cc2)cc1. The lowest BCUT2D eigenvalue weighted by Gasteiger charge is -2.23. The summed E-state index contributed by atoms with van der Waals surface area (Å²) >= 11 is 0. The fourth-order valence-electron chi connectivity index (χ4n) is 5.61. The molecule has 2 aliphatic rings. The number of hydrogen-bond acceptors (Lipinski definition) is 5. The first-order chi connectivity index (χ1) is 17.8. The number of nitrogens with zero attached hydrogens (tertiary/aromatic N) is 4. The molecule has 1 fully saturated rings. The molecule has 1 aliphatic carbocycles. The second-order valence-electron chi connectivity index (χ2n) is 10.1. The van der Waals surface area contributed by atoms with E-state index in [1.165, 1.54) is 43.2 Å². The smallest absolute Gasteiger partial charge is 0.0788 e. The number of hydrogen-bond donors (Lipinski definition) is 1. The Morgan fingerprint density at radius 2 is 1.64 bits per heavy atom. The van der Waals surface area contributed by atoms with Crippen LogP contribution in [0.3, 0.4) is 0 Å². The molecule has 2 aromatic heterocycles. The molecule has 5 nitrogen and oxygen atoms in total. The summed E-state index contributed by atoms with van der Waals surface area (Å²) in [6.07, 6.45) is 9.58. The van der Waals surface area contributed by atoms with Gasteiger partial charge < -0.3 is 5.32 Å². The van der Waals surface area contributed by atoms with Gasteiger partial charge in [0.2, 0.25) is 0 Å². The summed E-state index contributed by atoms with van der Waals surface area (Å²) in [4.78, 5) is 10.0. The highest BCUT2D eigenvalue weighted by molar-refractivity contribution is 5.92. The molecular weight excluding hydrogens is 442 g/mol. The van der Waals surface area contributed by atoms with Crippen LogP contribution in [0.2, 0.25) is 0 Å². The summed E-state index contributed by atoms with van der Waals surface area (Å²) in [7, 11) is 0. The van der Waals surface area contributed by atoms with Gasteiger partial charge in [-0.15, -0.1) is 0 Å². The fourth-order valence-corrected chi connectivity index (χ4v) is 5.61. The number of pyridine rings is 2. The van der Waals surface area contributed by atoms with Crippen molar-refractivity contribution >= 4 is 10.9 Å². The van der Waals surface area contributed by atoms with Crippen LogP contribution in [0.5, 0.6) is 0 Å².